The van der Waals surface area contributed by atoms with Crippen molar-refractivity contribution in [2.45, 2.75) is 18.6 Å². The summed E-state index contributed by atoms with van der Waals surface area (Å²) in [6.45, 7) is 2.29. The van der Waals surface area contributed by atoms with Crippen LogP contribution in [0.5, 0.6) is 5.75 Å². The second-order valence-electron chi connectivity index (χ2n) is 5.52. The first kappa shape index (κ1) is 18.1. The van der Waals surface area contributed by atoms with E-state index in [0.717, 1.165) is 17.8 Å². The number of thioether (sulfide) groups is 1. The Morgan fingerprint density at radius 2 is 2.04 bits per heavy atom. The molecule has 0 saturated carbocycles. The van der Waals surface area contributed by atoms with Gasteiger partial charge in [-0.05, 0) is 37.3 Å². The predicted molar refractivity (Wildman–Crippen MR) is 99.7 cm³/mol. The second-order valence-corrected chi connectivity index (χ2v) is 6.46. The van der Waals surface area contributed by atoms with E-state index in [9.17, 15) is 14.0 Å². The number of hydrogen-bond donors (Lipinski definition) is 0. The number of fused-ring (bicyclic) bond motifs is 1. The van der Waals surface area contributed by atoms with Crippen LogP contribution < -0.4 is 10.3 Å². The lowest BCUT2D eigenvalue weighted by atomic mass is 10.1. The highest BCUT2D eigenvalue weighted by molar-refractivity contribution is 7.99. The van der Waals surface area contributed by atoms with Crippen LogP contribution in [0.4, 0.5) is 4.39 Å². The Balaban J connectivity index is 1.91. The molecule has 1 aromatic heterocycles. The molecule has 0 atom stereocenters. The molecule has 0 bridgehead atoms. The molecular weight excluding hydrogens is 355 g/mol. The largest absolute Gasteiger partial charge is 0.496 e. The van der Waals surface area contributed by atoms with Crippen molar-refractivity contribution in [1.82, 2.24) is 9.55 Å². The standard InChI is InChI=1S/C19H17FN2O3S/c1-3-22-18(24)13-6-4-5-7-15(13)21-19(22)26-11-16(23)14-10-12(20)8-9-17(14)25-2/h4-10H,3,11H2,1-2H3. The maximum Gasteiger partial charge on any atom is 0.262 e. The van der Waals surface area contributed by atoms with Crippen LogP contribution in [0.1, 0.15) is 17.3 Å². The van der Waals surface area contributed by atoms with E-state index >= 15 is 0 Å². The lowest BCUT2D eigenvalue weighted by molar-refractivity contribution is 0.101. The van der Waals surface area contributed by atoms with Crippen molar-refractivity contribution in [2.75, 3.05) is 12.9 Å². The van der Waals surface area contributed by atoms with Gasteiger partial charge in [-0.25, -0.2) is 9.37 Å². The number of ketones is 1. The molecule has 0 aliphatic carbocycles. The molecule has 0 amide bonds. The molecule has 0 spiro atoms. The molecule has 3 aromatic rings. The topological polar surface area (TPSA) is 61.2 Å². The number of halogens is 1. The molecule has 26 heavy (non-hydrogen) atoms. The quantitative estimate of drug-likeness (QED) is 0.376. The summed E-state index contributed by atoms with van der Waals surface area (Å²) in [5, 5.41) is 0.997. The van der Waals surface area contributed by atoms with Crippen molar-refractivity contribution < 1.29 is 13.9 Å². The van der Waals surface area contributed by atoms with Gasteiger partial charge in [-0.1, -0.05) is 23.9 Å². The molecule has 2 aromatic carbocycles. The number of aromatic nitrogens is 2. The monoisotopic (exact) mass is 372 g/mol. The molecule has 0 radical (unpaired) electrons. The molecule has 0 saturated heterocycles. The second kappa shape index (κ2) is 7.70. The average Bonchev–Trinajstić information content (AvgIpc) is 2.66. The molecule has 0 aliphatic rings. The first-order valence-corrected chi connectivity index (χ1v) is 9.02. The van der Waals surface area contributed by atoms with Crippen molar-refractivity contribution in [3.8, 4) is 5.75 Å². The van der Waals surface area contributed by atoms with Crippen molar-refractivity contribution in [3.05, 3.63) is 64.2 Å². The van der Waals surface area contributed by atoms with Gasteiger partial charge >= 0.3 is 0 Å². The fourth-order valence-corrected chi connectivity index (χ4v) is 3.59. The van der Waals surface area contributed by atoms with Gasteiger partial charge in [0.2, 0.25) is 0 Å². The Kier molecular flexibility index (Phi) is 5.37. The first-order valence-electron chi connectivity index (χ1n) is 8.04. The maximum atomic E-state index is 13.5. The van der Waals surface area contributed by atoms with E-state index in [1.807, 2.05) is 13.0 Å². The van der Waals surface area contributed by atoms with E-state index in [1.165, 1.54) is 23.8 Å². The van der Waals surface area contributed by atoms with Crippen LogP contribution in [0.3, 0.4) is 0 Å². The molecular formula is C19H17FN2O3S. The SMILES string of the molecule is CCn1c(SCC(=O)c2cc(F)ccc2OC)nc2ccccc2c1=O. The zero-order chi connectivity index (χ0) is 18.7. The molecule has 3 rings (SSSR count). The molecule has 0 N–H and O–H groups in total. The molecule has 1 heterocycles. The lowest BCUT2D eigenvalue weighted by Crippen LogP contribution is -2.22. The summed E-state index contributed by atoms with van der Waals surface area (Å²) in [7, 11) is 1.43. The van der Waals surface area contributed by atoms with Crippen LogP contribution in [0, 0.1) is 5.82 Å². The summed E-state index contributed by atoms with van der Waals surface area (Å²) in [4.78, 5) is 29.6. The van der Waals surface area contributed by atoms with Crippen molar-refractivity contribution in [1.29, 1.82) is 0 Å². The molecule has 7 heteroatoms. The predicted octanol–water partition coefficient (Wildman–Crippen LogP) is 3.54. The highest BCUT2D eigenvalue weighted by Crippen LogP contribution is 2.24. The van der Waals surface area contributed by atoms with Gasteiger partial charge in [0.1, 0.15) is 11.6 Å². The van der Waals surface area contributed by atoms with E-state index in [0.29, 0.717) is 28.4 Å². The van der Waals surface area contributed by atoms with Crippen LogP contribution >= 0.6 is 11.8 Å². The van der Waals surface area contributed by atoms with Gasteiger partial charge in [0.25, 0.3) is 5.56 Å². The van der Waals surface area contributed by atoms with Gasteiger partial charge in [0.05, 0.1) is 29.3 Å². The van der Waals surface area contributed by atoms with E-state index in [2.05, 4.69) is 4.98 Å². The number of carbonyl (C=O) groups excluding carboxylic acids is 1. The minimum absolute atomic E-state index is 0.0184. The van der Waals surface area contributed by atoms with Crippen molar-refractivity contribution in [2.24, 2.45) is 0 Å². The van der Waals surface area contributed by atoms with Gasteiger partial charge in [-0.15, -0.1) is 0 Å². The minimum atomic E-state index is -0.506. The molecule has 134 valence electrons. The highest BCUT2D eigenvalue weighted by atomic mass is 32.2. The maximum absolute atomic E-state index is 13.5. The van der Waals surface area contributed by atoms with Crippen molar-refractivity contribution in [3.63, 3.8) is 0 Å². The summed E-state index contributed by atoms with van der Waals surface area (Å²) in [6, 6.07) is 10.9. The van der Waals surface area contributed by atoms with E-state index < -0.39 is 5.82 Å². The fraction of sp³-hybridized carbons (Fsp3) is 0.211. The van der Waals surface area contributed by atoms with Gasteiger partial charge in [-0.3, -0.25) is 14.2 Å². The van der Waals surface area contributed by atoms with Gasteiger partial charge < -0.3 is 4.74 Å². The smallest absolute Gasteiger partial charge is 0.262 e. The summed E-state index contributed by atoms with van der Waals surface area (Å²) in [5.74, 6) is -0.467. The third-order valence-corrected chi connectivity index (χ3v) is 4.91. The number of para-hydroxylation sites is 1. The summed E-state index contributed by atoms with van der Waals surface area (Å²) < 4.78 is 20.1. The number of carbonyl (C=O) groups is 1. The minimum Gasteiger partial charge on any atom is -0.496 e. The Bertz CT molecular complexity index is 1030. The van der Waals surface area contributed by atoms with Crippen LogP contribution in [-0.4, -0.2) is 28.2 Å². The Morgan fingerprint density at radius 1 is 1.27 bits per heavy atom. The number of benzene rings is 2. The van der Waals surface area contributed by atoms with Crippen LogP contribution in [0.15, 0.2) is 52.4 Å². The number of rotatable bonds is 6. The van der Waals surface area contributed by atoms with E-state index in [-0.39, 0.29) is 22.7 Å². The van der Waals surface area contributed by atoms with Gasteiger partial charge in [0, 0.05) is 6.54 Å². The van der Waals surface area contributed by atoms with Crippen LogP contribution in [-0.2, 0) is 6.54 Å². The van der Waals surface area contributed by atoms with Crippen LogP contribution in [0.2, 0.25) is 0 Å². The first-order chi connectivity index (χ1) is 12.5. The zero-order valence-corrected chi connectivity index (χ0v) is 15.2. The Morgan fingerprint density at radius 3 is 2.77 bits per heavy atom. The summed E-state index contributed by atoms with van der Waals surface area (Å²) in [5.41, 5.74) is 0.614. The third-order valence-electron chi connectivity index (χ3n) is 3.94. The molecule has 5 nitrogen and oxygen atoms in total. The summed E-state index contributed by atoms with van der Waals surface area (Å²) >= 11 is 1.15. The van der Waals surface area contributed by atoms with Crippen molar-refractivity contribution >= 4 is 28.4 Å². The zero-order valence-electron chi connectivity index (χ0n) is 14.4. The normalized spacial score (nSPS) is 10.9. The Hall–Kier alpha value is -2.67. The Labute approximate surface area is 153 Å². The van der Waals surface area contributed by atoms with Gasteiger partial charge in [0.15, 0.2) is 10.9 Å². The highest BCUT2D eigenvalue weighted by Gasteiger charge is 2.16. The van der Waals surface area contributed by atoms with Gasteiger partial charge in [-0.2, -0.15) is 0 Å². The lowest BCUT2D eigenvalue weighted by Gasteiger charge is -2.11. The number of Topliss-reactive ketones (excluding diaryl/α,β-unsaturated/α-hetero) is 1. The molecule has 0 unspecified atom stereocenters. The third kappa shape index (κ3) is 3.48. The summed E-state index contributed by atoms with van der Waals surface area (Å²) in [6.07, 6.45) is 0. The molecule has 0 fully saturated rings. The van der Waals surface area contributed by atoms with E-state index in [1.54, 1.807) is 18.2 Å². The number of ether oxygens (including phenoxy) is 1. The number of nitrogens with zero attached hydrogens (tertiary/aromatic N) is 2. The fourth-order valence-electron chi connectivity index (χ4n) is 2.64. The average molecular weight is 372 g/mol. The molecule has 0 aliphatic heterocycles. The van der Waals surface area contributed by atoms with E-state index in [4.69, 9.17) is 4.74 Å². The van der Waals surface area contributed by atoms with Crippen LogP contribution in [0.25, 0.3) is 10.9 Å². The number of methoxy groups -OCH3 is 1. The number of hydrogen-bond acceptors (Lipinski definition) is 5.